The van der Waals surface area contributed by atoms with Gasteiger partial charge in [0.1, 0.15) is 12.4 Å². The molecule has 21 heavy (non-hydrogen) atoms. The fraction of sp³-hybridized carbons (Fsp3) is 0.167. The first-order valence-corrected chi connectivity index (χ1v) is 6.98. The third-order valence-electron chi connectivity index (χ3n) is 3.79. The van der Waals surface area contributed by atoms with Gasteiger partial charge in [0.15, 0.2) is 0 Å². The van der Waals surface area contributed by atoms with Crippen LogP contribution in [0.25, 0.3) is 10.8 Å². The Balaban J connectivity index is 1.89. The van der Waals surface area contributed by atoms with Gasteiger partial charge in [0, 0.05) is 17.3 Å². The van der Waals surface area contributed by atoms with Crippen molar-refractivity contribution in [3.63, 3.8) is 0 Å². The smallest absolute Gasteiger partial charge is 0.131 e. The third-order valence-corrected chi connectivity index (χ3v) is 3.79. The molecule has 0 radical (unpaired) electrons. The van der Waals surface area contributed by atoms with Gasteiger partial charge in [-0.25, -0.2) is 0 Å². The van der Waals surface area contributed by atoms with Crippen molar-refractivity contribution in [1.82, 2.24) is 4.98 Å². The van der Waals surface area contributed by atoms with Gasteiger partial charge >= 0.3 is 0 Å². The number of hydrogen-bond donors (Lipinski definition) is 1. The lowest BCUT2D eigenvalue weighted by Crippen LogP contribution is -2.05. The monoisotopic (exact) mass is 278 g/mol. The Labute approximate surface area is 124 Å². The molecule has 0 saturated heterocycles. The molecule has 1 heterocycles. The minimum absolute atomic E-state index is 0.421. The molecule has 0 aliphatic rings. The molecular formula is C18H18N2O. The Kier molecular flexibility index (Phi) is 3.48. The van der Waals surface area contributed by atoms with E-state index in [-0.39, 0.29) is 0 Å². The standard InChI is InChI=1S/C18H18N2O/c1-12-10-20-16(13(2)18(12)19)11-21-17-9-5-7-14-6-3-4-8-15(14)17/h3-10H,11H2,1-2H3,(H2,19,20). The van der Waals surface area contributed by atoms with Gasteiger partial charge in [-0.15, -0.1) is 0 Å². The molecule has 0 unspecified atom stereocenters. The summed E-state index contributed by atoms with van der Waals surface area (Å²) in [6, 6.07) is 14.2. The maximum absolute atomic E-state index is 6.05. The highest BCUT2D eigenvalue weighted by atomic mass is 16.5. The Morgan fingerprint density at radius 2 is 1.81 bits per heavy atom. The molecule has 0 fully saturated rings. The van der Waals surface area contributed by atoms with Crippen LogP contribution in [0.5, 0.6) is 5.75 Å². The highest BCUT2D eigenvalue weighted by Gasteiger charge is 2.08. The van der Waals surface area contributed by atoms with Gasteiger partial charge < -0.3 is 10.5 Å². The highest BCUT2D eigenvalue weighted by molar-refractivity contribution is 5.88. The highest BCUT2D eigenvalue weighted by Crippen LogP contribution is 2.26. The second-order valence-corrected chi connectivity index (χ2v) is 5.19. The quantitative estimate of drug-likeness (QED) is 0.787. The molecule has 0 aliphatic heterocycles. The van der Waals surface area contributed by atoms with Gasteiger partial charge in [-0.3, -0.25) is 4.98 Å². The number of aryl methyl sites for hydroxylation is 1. The molecule has 0 saturated carbocycles. The molecule has 0 aliphatic carbocycles. The van der Waals surface area contributed by atoms with Crippen LogP contribution in [0, 0.1) is 13.8 Å². The Morgan fingerprint density at radius 3 is 2.67 bits per heavy atom. The van der Waals surface area contributed by atoms with Crippen molar-refractivity contribution in [3.8, 4) is 5.75 Å². The molecule has 2 aromatic carbocycles. The SMILES string of the molecule is Cc1cnc(COc2cccc3ccccc23)c(C)c1N. The van der Waals surface area contributed by atoms with E-state index in [2.05, 4.69) is 23.2 Å². The van der Waals surface area contributed by atoms with Crippen LogP contribution in [0.15, 0.2) is 48.7 Å². The van der Waals surface area contributed by atoms with Crippen molar-refractivity contribution < 1.29 is 4.74 Å². The minimum atomic E-state index is 0.421. The molecule has 3 nitrogen and oxygen atoms in total. The van der Waals surface area contributed by atoms with E-state index in [0.29, 0.717) is 6.61 Å². The topological polar surface area (TPSA) is 48.1 Å². The second-order valence-electron chi connectivity index (χ2n) is 5.19. The summed E-state index contributed by atoms with van der Waals surface area (Å²) in [6.07, 6.45) is 1.80. The molecule has 3 aromatic rings. The summed E-state index contributed by atoms with van der Waals surface area (Å²) >= 11 is 0. The molecule has 0 atom stereocenters. The normalized spacial score (nSPS) is 10.8. The molecule has 2 N–H and O–H groups in total. The number of nitrogen functional groups attached to an aromatic ring is 1. The molecule has 106 valence electrons. The van der Waals surface area contributed by atoms with Crippen molar-refractivity contribution in [2.24, 2.45) is 0 Å². The van der Waals surface area contributed by atoms with E-state index in [1.165, 1.54) is 5.39 Å². The molecular weight excluding hydrogens is 260 g/mol. The summed E-state index contributed by atoms with van der Waals surface area (Å²) in [6.45, 7) is 4.37. The van der Waals surface area contributed by atoms with E-state index < -0.39 is 0 Å². The van der Waals surface area contributed by atoms with E-state index in [1.807, 2.05) is 38.1 Å². The van der Waals surface area contributed by atoms with Crippen molar-refractivity contribution >= 4 is 16.5 Å². The van der Waals surface area contributed by atoms with E-state index in [1.54, 1.807) is 6.20 Å². The van der Waals surface area contributed by atoms with Crippen LogP contribution in [-0.2, 0) is 6.61 Å². The number of fused-ring (bicyclic) bond motifs is 1. The van der Waals surface area contributed by atoms with Crippen LogP contribution < -0.4 is 10.5 Å². The number of anilines is 1. The van der Waals surface area contributed by atoms with E-state index in [9.17, 15) is 0 Å². The molecule has 0 bridgehead atoms. The molecule has 1 aromatic heterocycles. The van der Waals surface area contributed by atoms with Crippen LogP contribution in [0.3, 0.4) is 0 Å². The second kappa shape index (κ2) is 5.44. The lowest BCUT2D eigenvalue weighted by Gasteiger charge is -2.12. The van der Waals surface area contributed by atoms with Crippen molar-refractivity contribution in [2.75, 3.05) is 5.73 Å². The summed E-state index contributed by atoms with van der Waals surface area (Å²) in [5.74, 6) is 0.869. The lowest BCUT2D eigenvalue weighted by atomic mass is 10.1. The Bertz CT molecular complexity index is 791. The first-order chi connectivity index (χ1) is 10.2. The number of ether oxygens (including phenoxy) is 1. The average Bonchev–Trinajstić information content (AvgIpc) is 2.52. The zero-order valence-corrected chi connectivity index (χ0v) is 12.3. The molecule has 3 heteroatoms. The summed E-state index contributed by atoms with van der Waals surface area (Å²) < 4.78 is 5.96. The maximum atomic E-state index is 6.05. The van der Waals surface area contributed by atoms with Gasteiger partial charge in [-0.2, -0.15) is 0 Å². The van der Waals surface area contributed by atoms with Crippen LogP contribution >= 0.6 is 0 Å². The first-order valence-electron chi connectivity index (χ1n) is 6.98. The summed E-state index contributed by atoms with van der Waals surface area (Å²) in [5, 5.41) is 2.28. The fourth-order valence-corrected chi connectivity index (χ4v) is 2.41. The molecule has 0 amide bonds. The number of pyridine rings is 1. The number of nitrogens with two attached hydrogens (primary N) is 1. The number of hydrogen-bond acceptors (Lipinski definition) is 3. The van der Waals surface area contributed by atoms with Gasteiger partial charge in [0.2, 0.25) is 0 Å². The van der Waals surface area contributed by atoms with Crippen LogP contribution in [0.1, 0.15) is 16.8 Å². The van der Waals surface area contributed by atoms with Gasteiger partial charge in [0.25, 0.3) is 0 Å². The summed E-state index contributed by atoms with van der Waals surface area (Å²) in [7, 11) is 0. The van der Waals surface area contributed by atoms with Crippen LogP contribution in [0.4, 0.5) is 5.69 Å². The Hall–Kier alpha value is -2.55. The van der Waals surface area contributed by atoms with E-state index in [4.69, 9.17) is 10.5 Å². The van der Waals surface area contributed by atoms with Crippen molar-refractivity contribution in [2.45, 2.75) is 20.5 Å². The zero-order valence-electron chi connectivity index (χ0n) is 12.3. The minimum Gasteiger partial charge on any atom is -0.487 e. The average molecular weight is 278 g/mol. The number of benzene rings is 2. The number of nitrogens with zero attached hydrogens (tertiary/aromatic N) is 1. The van der Waals surface area contributed by atoms with Gasteiger partial charge in [0.05, 0.1) is 5.69 Å². The van der Waals surface area contributed by atoms with Gasteiger partial charge in [-0.1, -0.05) is 36.4 Å². The number of rotatable bonds is 3. The van der Waals surface area contributed by atoms with Crippen molar-refractivity contribution in [1.29, 1.82) is 0 Å². The molecule has 3 rings (SSSR count). The van der Waals surface area contributed by atoms with Crippen LogP contribution in [-0.4, -0.2) is 4.98 Å². The zero-order chi connectivity index (χ0) is 14.8. The molecule has 0 spiro atoms. The predicted octanol–water partition coefficient (Wildman–Crippen LogP) is 4.01. The van der Waals surface area contributed by atoms with Gasteiger partial charge in [-0.05, 0) is 36.4 Å². The largest absolute Gasteiger partial charge is 0.487 e. The first kappa shape index (κ1) is 13.4. The third kappa shape index (κ3) is 2.55. The van der Waals surface area contributed by atoms with E-state index in [0.717, 1.165) is 33.6 Å². The lowest BCUT2D eigenvalue weighted by molar-refractivity contribution is 0.304. The van der Waals surface area contributed by atoms with Crippen molar-refractivity contribution in [3.05, 3.63) is 65.5 Å². The number of aromatic nitrogens is 1. The van der Waals surface area contributed by atoms with Crippen LogP contribution in [0.2, 0.25) is 0 Å². The van der Waals surface area contributed by atoms with E-state index >= 15 is 0 Å². The summed E-state index contributed by atoms with van der Waals surface area (Å²) in [4.78, 5) is 4.43. The Morgan fingerprint density at radius 1 is 1.05 bits per heavy atom. The summed E-state index contributed by atoms with van der Waals surface area (Å²) in [5.41, 5.74) is 9.72. The predicted molar refractivity (Wildman–Crippen MR) is 86.4 cm³/mol. The maximum Gasteiger partial charge on any atom is 0.131 e. The fourth-order valence-electron chi connectivity index (χ4n) is 2.41.